The van der Waals surface area contributed by atoms with Gasteiger partial charge in [-0.2, -0.15) is 0 Å². The predicted molar refractivity (Wildman–Crippen MR) is 172 cm³/mol. The number of sulfonamides is 1. The van der Waals surface area contributed by atoms with Crippen molar-refractivity contribution < 1.29 is 18.0 Å². The number of carbonyl (C=O) groups excluding carboxylic acids is 2. The van der Waals surface area contributed by atoms with Gasteiger partial charge in [-0.05, 0) is 61.6 Å². The highest BCUT2D eigenvalue weighted by molar-refractivity contribution is 7.92. The van der Waals surface area contributed by atoms with Crippen LogP contribution in [0.2, 0.25) is 10.0 Å². The minimum absolute atomic E-state index is 0.0191. The monoisotopic (exact) mass is 631 g/mol. The van der Waals surface area contributed by atoms with Gasteiger partial charge in [-0.25, -0.2) is 8.42 Å². The molecule has 0 aliphatic rings. The fourth-order valence-corrected chi connectivity index (χ4v) is 6.28. The molecule has 42 heavy (non-hydrogen) atoms. The number of hydrogen-bond donors (Lipinski definition) is 1. The Balaban J connectivity index is 1.93. The molecule has 0 saturated heterocycles. The zero-order valence-electron chi connectivity index (χ0n) is 24.6. The molecule has 1 N–H and O–H groups in total. The van der Waals surface area contributed by atoms with Crippen LogP contribution < -0.4 is 9.62 Å². The molecule has 0 aliphatic carbocycles. The summed E-state index contributed by atoms with van der Waals surface area (Å²) in [7, 11) is -3.61. The summed E-state index contributed by atoms with van der Waals surface area (Å²) in [5.41, 5.74) is 3.79. The maximum absolute atomic E-state index is 14.0. The van der Waals surface area contributed by atoms with Crippen molar-refractivity contribution in [1.82, 2.24) is 10.2 Å². The van der Waals surface area contributed by atoms with Crippen LogP contribution >= 0.6 is 23.2 Å². The summed E-state index contributed by atoms with van der Waals surface area (Å²) in [5, 5.41) is 3.73. The SMILES string of the molecule is CCCNC(=O)C(Cc1ccccc1)N(Cc1c(Cl)cccc1Cl)C(=O)CCCN(c1cc(C)ccc1C)S(C)(=O)=O. The third-order valence-corrected chi connectivity index (χ3v) is 8.88. The molecular weight excluding hydrogens is 593 g/mol. The van der Waals surface area contributed by atoms with E-state index in [4.69, 9.17) is 23.2 Å². The van der Waals surface area contributed by atoms with Gasteiger partial charge in [0.2, 0.25) is 21.8 Å². The molecule has 0 bridgehead atoms. The molecule has 7 nitrogen and oxygen atoms in total. The zero-order chi connectivity index (χ0) is 30.9. The molecule has 1 atom stereocenters. The van der Waals surface area contributed by atoms with Crippen LogP contribution in [0.5, 0.6) is 0 Å². The lowest BCUT2D eigenvalue weighted by Gasteiger charge is -2.32. The lowest BCUT2D eigenvalue weighted by molar-refractivity contribution is -0.141. The summed E-state index contributed by atoms with van der Waals surface area (Å²) < 4.78 is 26.9. The van der Waals surface area contributed by atoms with E-state index in [0.29, 0.717) is 34.3 Å². The molecule has 0 spiro atoms. The van der Waals surface area contributed by atoms with Crippen LogP contribution in [0.25, 0.3) is 0 Å². The maximum Gasteiger partial charge on any atom is 0.243 e. The van der Waals surface area contributed by atoms with Gasteiger partial charge >= 0.3 is 0 Å². The first-order valence-electron chi connectivity index (χ1n) is 14.0. The van der Waals surface area contributed by atoms with Crippen molar-refractivity contribution >= 4 is 50.7 Å². The number of hydrogen-bond acceptors (Lipinski definition) is 4. The van der Waals surface area contributed by atoms with Gasteiger partial charge in [0.05, 0.1) is 11.9 Å². The third-order valence-electron chi connectivity index (χ3n) is 7.00. The number of amides is 2. The minimum Gasteiger partial charge on any atom is -0.354 e. The fraction of sp³-hybridized carbons (Fsp3) is 0.375. The van der Waals surface area contributed by atoms with Gasteiger partial charge < -0.3 is 10.2 Å². The number of nitrogens with one attached hydrogen (secondary N) is 1. The summed E-state index contributed by atoms with van der Waals surface area (Å²) in [5.74, 6) is -0.571. The fourth-order valence-electron chi connectivity index (χ4n) is 4.74. The van der Waals surface area contributed by atoms with Crippen molar-refractivity contribution in [2.45, 2.75) is 59.0 Å². The van der Waals surface area contributed by atoms with E-state index in [0.717, 1.165) is 29.4 Å². The number of aryl methyl sites for hydroxylation is 2. The van der Waals surface area contributed by atoms with Crippen molar-refractivity contribution in [2.75, 3.05) is 23.7 Å². The van der Waals surface area contributed by atoms with Crippen LogP contribution in [0, 0.1) is 13.8 Å². The Morgan fingerprint density at radius 3 is 2.24 bits per heavy atom. The van der Waals surface area contributed by atoms with Gasteiger partial charge in [-0.3, -0.25) is 13.9 Å². The second-order valence-electron chi connectivity index (χ2n) is 10.4. The number of halogens is 2. The summed E-state index contributed by atoms with van der Waals surface area (Å²) in [6.45, 7) is 6.33. The molecule has 0 aromatic heterocycles. The van der Waals surface area contributed by atoms with E-state index in [9.17, 15) is 18.0 Å². The Morgan fingerprint density at radius 1 is 0.952 bits per heavy atom. The largest absolute Gasteiger partial charge is 0.354 e. The van der Waals surface area contributed by atoms with Crippen LogP contribution in [0.15, 0.2) is 66.7 Å². The van der Waals surface area contributed by atoms with E-state index in [1.54, 1.807) is 18.2 Å². The van der Waals surface area contributed by atoms with Gasteiger partial charge in [0.1, 0.15) is 6.04 Å². The first kappa shape index (κ1) is 33.4. The molecule has 3 rings (SSSR count). The summed E-state index contributed by atoms with van der Waals surface area (Å²) in [6.07, 6.45) is 2.47. The molecule has 0 aliphatic heterocycles. The Labute approximate surface area is 259 Å². The lowest BCUT2D eigenvalue weighted by atomic mass is 10.0. The highest BCUT2D eigenvalue weighted by Gasteiger charge is 2.31. The lowest BCUT2D eigenvalue weighted by Crippen LogP contribution is -2.50. The number of benzene rings is 3. The first-order valence-corrected chi connectivity index (χ1v) is 16.6. The van der Waals surface area contributed by atoms with Crippen molar-refractivity contribution in [3.8, 4) is 0 Å². The van der Waals surface area contributed by atoms with Gasteiger partial charge in [0, 0.05) is 48.1 Å². The molecule has 226 valence electrons. The molecule has 0 fully saturated rings. The van der Waals surface area contributed by atoms with Crippen LogP contribution in [-0.4, -0.2) is 50.5 Å². The second-order valence-corrected chi connectivity index (χ2v) is 13.2. The number of carbonyl (C=O) groups is 2. The third kappa shape index (κ3) is 9.21. The molecule has 3 aromatic carbocycles. The highest BCUT2D eigenvalue weighted by Crippen LogP contribution is 2.28. The van der Waals surface area contributed by atoms with Crippen molar-refractivity contribution in [3.63, 3.8) is 0 Å². The Bertz CT molecular complexity index is 1460. The Kier molecular flexibility index (Phi) is 12.3. The van der Waals surface area contributed by atoms with E-state index < -0.39 is 16.1 Å². The average Bonchev–Trinajstić information content (AvgIpc) is 2.94. The number of nitrogens with zero attached hydrogens (tertiary/aromatic N) is 2. The molecule has 0 heterocycles. The molecule has 3 aromatic rings. The molecule has 10 heteroatoms. The Morgan fingerprint density at radius 2 is 1.62 bits per heavy atom. The van der Waals surface area contributed by atoms with Gasteiger partial charge in [-0.15, -0.1) is 0 Å². The highest BCUT2D eigenvalue weighted by atomic mass is 35.5. The van der Waals surface area contributed by atoms with E-state index in [1.165, 1.54) is 9.21 Å². The average molecular weight is 633 g/mol. The normalized spacial score (nSPS) is 12.0. The standard InChI is InChI=1S/C32H39Cl2N3O4S/c1-5-18-35-32(39)30(21-25-11-7-6-8-12-25)36(22-26-27(33)13-9-14-28(26)34)31(38)15-10-19-37(42(4,40)41)29-20-23(2)16-17-24(29)3/h6-9,11-14,16-17,20,30H,5,10,15,18-19,21-22H2,1-4H3,(H,35,39). The van der Waals surface area contributed by atoms with Gasteiger partial charge in [0.15, 0.2) is 0 Å². The molecule has 0 saturated carbocycles. The van der Waals surface area contributed by atoms with Crippen molar-refractivity contribution in [2.24, 2.45) is 0 Å². The first-order chi connectivity index (χ1) is 19.9. The molecule has 1 unspecified atom stereocenters. The van der Waals surface area contributed by atoms with Crippen molar-refractivity contribution in [3.05, 3.63) is 99.0 Å². The Hall–Kier alpha value is -3.07. The van der Waals surface area contributed by atoms with E-state index >= 15 is 0 Å². The van der Waals surface area contributed by atoms with Gasteiger partial charge in [-0.1, -0.05) is 78.7 Å². The van der Waals surface area contributed by atoms with Crippen LogP contribution in [-0.2, 0) is 32.6 Å². The van der Waals surface area contributed by atoms with Crippen LogP contribution in [0.4, 0.5) is 5.69 Å². The molecule has 2 amide bonds. The summed E-state index contributed by atoms with van der Waals surface area (Å²) >= 11 is 13.0. The second kappa shape index (κ2) is 15.4. The quantitative estimate of drug-likeness (QED) is 0.225. The number of anilines is 1. The van der Waals surface area contributed by atoms with Crippen molar-refractivity contribution in [1.29, 1.82) is 0 Å². The smallest absolute Gasteiger partial charge is 0.243 e. The summed E-state index contributed by atoms with van der Waals surface area (Å²) in [4.78, 5) is 29.0. The van der Waals surface area contributed by atoms with Crippen LogP contribution in [0.1, 0.15) is 48.4 Å². The summed E-state index contributed by atoms with van der Waals surface area (Å²) in [6, 6.07) is 19.4. The molecular formula is C32H39Cl2N3O4S. The number of rotatable bonds is 14. The van der Waals surface area contributed by atoms with Crippen LogP contribution in [0.3, 0.4) is 0 Å². The minimum atomic E-state index is -3.61. The van der Waals surface area contributed by atoms with E-state index in [1.807, 2.05) is 69.3 Å². The van der Waals surface area contributed by atoms with E-state index in [2.05, 4.69) is 5.32 Å². The van der Waals surface area contributed by atoms with Gasteiger partial charge in [0.25, 0.3) is 0 Å². The zero-order valence-corrected chi connectivity index (χ0v) is 26.9. The topological polar surface area (TPSA) is 86.8 Å². The maximum atomic E-state index is 14.0. The predicted octanol–water partition coefficient (Wildman–Crippen LogP) is 6.32. The van der Waals surface area contributed by atoms with E-state index in [-0.39, 0.29) is 37.7 Å². The molecule has 0 radical (unpaired) electrons.